The van der Waals surface area contributed by atoms with E-state index in [0.717, 1.165) is 18.8 Å². The fourth-order valence-electron chi connectivity index (χ4n) is 0.805. The van der Waals surface area contributed by atoms with Crippen molar-refractivity contribution in [1.29, 1.82) is 0 Å². The first-order chi connectivity index (χ1) is 6.74. The van der Waals surface area contributed by atoms with Crippen LogP contribution in [0.15, 0.2) is 24.3 Å². The Hall–Kier alpha value is -1.06. The Labute approximate surface area is 85.0 Å². The van der Waals surface area contributed by atoms with Gasteiger partial charge in [0.2, 0.25) is 0 Å². The zero-order chi connectivity index (χ0) is 10.8. The number of hydrogen-bond acceptors (Lipinski definition) is 3. The van der Waals surface area contributed by atoms with Gasteiger partial charge >= 0.3 is 0 Å². The molecule has 14 heavy (non-hydrogen) atoms. The van der Waals surface area contributed by atoms with Gasteiger partial charge in [0, 0.05) is 13.2 Å². The molecule has 0 spiro atoms. The molecule has 2 N–H and O–H groups in total. The molecule has 0 aliphatic heterocycles. The maximum atomic E-state index is 8.77. The van der Waals surface area contributed by atoms with Crippen LogP contribution in [-0.2, 0) is 11.3 Å². The molecule has 3 nitrogen and oxygen atoms in total. The third-order valence-corrected chi connectivity index (χ3v) is 1.53. The van der Waals surface area contributed by atoms with E-state index in [1.807, 2.05) is 13.8 Å². The van der Waals surface area contributed by atoms with Crippen molar-refractivity contribution in [3.05, 3.63) is 29.8 Å². The molecule has 0 saturated heterocycles. The molecule has 3 heteroatoms. The predicted molar refractivity (Wildman–Crippen MR) is 56.2 cm³/mol. The van der Waals surface area contributed by atoms with Crippen LogP contribution in [0.3, 0.4) is 0 Å². The van der Waals surface area contributed by atoms with Crippen molar-refractivity contribution < 1.29 is 14.9 Å². The molecular weight excluding hydrogens is 180 g/mol. The number of benzene rings is 1. The molecule has 80 valence electrons. The lowest BCUT2D eigenvalue weighted by Gasteiger charge is -1.93. The van der Waals surface area contributed by atoms with Crippen molar-refractivity contribution in [1.82, 2.24) is 0 Å². The van der Waals surface area contributed by atoms with E-state index >= 15 is 0 Å². The highest BCUT2D eigenvalue weighted by Gasteiger charge is 1.87. The Morgan fingerprint density at radius 3 is 1.86 bits per heavy atom. The highest BCUT2D eigenvalue weighted by atomic mass is 16.5. The van der Waals surface area contributed by atoms with Crippen molar-refractivity contribution in [2.24, 2.45) is 0 Å². The van der Waals surface area contributed by atoms with Crippen molar-refractivity contribution in [2.75, 3.05) is 13.2 Å². The Balaban J connectivity index is 0.000000292. The van der Waals surface area contributed by atoms with E-state index in [1.165, 1.54) is 0 Å². The van der Waals surface area contributed by atoms with Crippen LogP contribution in [0.5, 0.6) is 5.75 Å². The summed E-state index contributed by atoms with van der Waals surface area (Å²) in [5, 5.41) is 17.3. The quantitative estimate of drug-likeness (QED) is 0.780. The molecule has 0 aliphatic carbocycles. The molecule has 1 aromatic carbocycles. The number of hydrogen-bond donors (Lipinski definition) is 2. The third kappa shape index (κ3) is 6.46. The second-order valence-electron chi connectivity index (χ2n) is 2.61. The molecule has 0 radical (unpaired) electrons. The van der Waals surface area contributed by atoms with Crippen LogP contribution >= 0.6 is 0 Å². The number of ether oxygens (including phenoxy) is 1. The molecule has 0 amide bonds. The van der Waals surface area contributed by atoms with E-state index in [0.29, 0.717) is 0 Å². The molecule has 0 unspecified atom stereocenters. The molecule has 0 aromatic heterocycles. The van der Waals surface area contributed by atoms with Gasteiger partial charge in [-0.25, -0.2) is 0 Å². The maximum absolute atomic E-state index is 8.77. The number of phenolic OH excluding ortho intramolecular Hbond substituents is 1. The number of aliphatic hydroxyl groups is 1. The zero-order valence-electron chi connectivity index (χ0n) is 8.73. The third-order valence-electron chi connectivity index (χ3n) is 1.53. The summed E-state index contributed by atoms with van der Waals surface area (Å²) in [5.74, 6) is 0.229. The minimum absolute atomic E-state index is 0.0281. The highest BCUT2D eigenvalue weighted by Crippen LogP contribution is 2.08. The van der Waals surface area contributed by atoms with Crippen LogP contribution < -0.4 is 0 Å². The van der Waals surface area contributed by atoms with E-state index in [2.05, 4.69) is 0 Å². The van der Waals surface area contributed by atoms with Gasteiger partial charge in [0.15, 0.2) is 0 Å². The van der Waals surface area contributed by atoms with E-state index < -0.39 is 0 Å². The van der Waals surface area contributed by atoms with Gasteiger partial charge in [0.1, 0.15) is 5.75 Å². The maximum Gasteiger partial charge on any atom is 0.115 e. The largest absolute Gasteiger partial charge is 0.508 e. The summed E-state index contributed by atoms with van der Waals surface area (Å²) in [6.45, 7) is 5.69. The summed E-state index contributed by atoms with van der Waals surface area (Å²) in [6, 6.07) is 6.45. The van der Waals surface area contributed by atoms with Gasteiger partial charge in [-0.05, 0) is 31.5 Å². The first-order valence-electron chi connectivity index (χ1n) is 4.71. The SMILES string of the molecule is CCOCC.OCc1ccc(O)cc1. The van der Waals surface area contributed by atoms with E-state index in [1.54, 1.807) is 24.3 Å². The van der Waals surface area contributed by atoms with Gasteiger partial charge in [-0.15, -0.1) is 0 Å². The normalized spacial score (nSPS) is 9.07. The van der Waals surface area contributed by atoms with Crippen LogP contribution in [-0.4, -0.2) is 23.4 Å². The summed E-state index contributed by atoms with van der Waals surface area (Å²) < 4.78 is 4.83. The Kier molecular flexibility index (Phi) is 7.89. The summed E-state index contributed by atoms with van der Waals surface area (Å²) >= 11 is 0. The molecular formula is C11H18O3. The Morgan fingerprint density at radius 2 is 1.57 bits per heavy atom. The fourth-order valence-corrected chi connectivity index (χ4v) is 0.805. The lowest BCUT2D eigenvalue weighted by atomic mass is 10.2. The predicted octanol–water partition coefficient (Wildman–Crippen LogP) is 1.93. The second kappa shape index (κ2) is 8.53. The number of phenols is 1. The number of aromatic hydroxyl groups is 1. The number of rotatable bonds is 3. The van der Waals surface area contributed by atoms with Crippen LogP contribution in [0.4, 0.5) is 0 Å². The molecule has 0 heterocycles. The van der Waals surface area contributed by atoms with Crippen molar-refractivity contribution in [3.8, 4) is 5.75 Å². The summed E-state index contributed by atoms with van der Waals surface area (Å²) in [7, 11) is 0. The van der Waals surface area contributed by atoms with E-state index in [4.69, 9.17) is 14.9 Å². The van der Waals surface area contributed by atoms with Gasteiger partial charge in [-0.2, -0.15) is 0 Å². The molecule has 0 saturated carbocycles. The van der Waals surface area contributed by atoms with Crippen LogP contribution in [0.2, 0.25) is 0 Å². The van der Waals surface area contributed by atoms with Gasteiger partial charge in [0.25, 0.3) is 0 Å². The van der Waals surface area contributed by atoms with Gasteiger partial charge < -0.3 is 14.9 Å². The second-order valence-corrected chi connectivity index (χ2v) is 2.61. The van der Waals surface area contributed by atoms with Gasteiger partial charge in [-0.1, -0.05) is 12.1 Å². The van der Waals surface area contributed by atoms with Crippen LogP contribution in [0, 0.1) is 0 Å². The first-order valence-corrected chi connectivity index (χ1v) is 4.71. The molecule has 1 aromatic rings. The van der Waals surface area contributed by atoms with Crippen molar-refractivity contribution in [2.45, 2.75) is 20.5 Å². The molecule has 0 fully saturated rings. The highest BCUT2D eigenvalue weighted by molar-refractivity contribution is 5.25. The lowest BCUT2D eigenvalue weighted by molar-refractivity contribution is 0.162. The summed E-state index contributed by atoms with van der Waals surface area (Å²) in [4.78, 5) is 0. The smallest absolute Gasteiger partial charge is 0.115 e. The minimum atomic E-state index is 0.0281. The standard InChI is InChI=1S/C7H8O2.C4H10O/c8-5-6-1-3-7(9)4-2-6;1-3-5-4-2/h1-4,8-9H,5H2;3-4H2,1-2H3. The minimum Gasteiger partial charge on any atom is -0.508 e. The van der Waals surface area contributed by atoms with Crippen molar-refractivity contribution >= 4 is 0 Å². The molecule has 0 bridgehead atoms. The summed E-state index contributed by atoms with van der Waals surface area (Å²) in [5.41, 5.74) is 0.813. The average molecular weight is 198 g/mol. The Morgan fingerprint density at radius 1 is 1.07 bits per heavy atom. The first kappa shape index (κ1) is 12.9. The number of aliphatic hydroxyl groups excluding tert-OH is 1. The average Bonchev–Trinajstić information content (AvgIpc) is 2.21. The van der Waals surface area contributed by atoms with Crippen LogP contribution in [0.25, 0.3) is 0 Å². The Bertz CT molecular complexity index is 216. The van der Waals surface area contributed by atoms with Crippen molar-refractivity contribution in [3.63, 3.8) is 0 Å². The molecule has 0 aliphatic rings. The zero-order valence-corrected chi connectivity index (χ0v) is 8.73. The lowest BCUT2D eigenvalue weighted by Crippen LogP contribution is -1.84. The van der Waals surface area contributed by atoms with E-state index in [9.17, 15) is 0 Å². The van der Waals surface area contributed by atoms with Gasteiger partial charge in [0.05, 0.1) is 6.61 Å². The molecule has 1 rings (SSSR count). The monoisotopic (exact) mass is 198 g/mol. The van der Waals surface area contributed by atoms with Gasteiger partial charge in [-0.3, -0.25) is 0 Å². The van der Waals surface area contributed by atoms with Crippen LogP contribution in [0.1, 0.15) is 19.4 Å². The fraction of sp³-hybridized carbons (Fsp3) is 0.455. The molecule has 0 atom stereocenters. The van der Waals surface area contributed by atoms with E-state index in [-0.39, 0.29) is 12.4 Å². The topological polar surface area (TPSA) is 49.7 Å². The summed E-state index contributed by atoms with van der Waals surface area (Å²) in [6.07, 6.45) is 0.